The predicted octanol–water partition coefficient (Wildman–Crippen LogP) is 1.31. The fraction of sp³-hybridized carbons (Fsp3) is 0.417. The van der Waals surface area contributed by atoms with Gasteiger partial charge in [0, 0.05) is 12.8 Å². The molecule has 1 saturated heterocycles. The van der Waals surface area contributed by atoms with Crippen molar-refractivity contribution in [2.24, 2.45) is 0 Å². The molecule has 0 aliphatic carbocycles. The fourth-order valence-electron chi connectivity index (χ4n) is 1.73. The van der Waals surface area contributed by atoms with Gasteiger partial charge in [-0.3, -0.25) is 0 Å². The zero-order valence-electron chi connectivity index (χ0n) is 9.39. The molecule has 17 heavy (non-hydrogen) atoms. The van der Waals surface area contributed by atoms with E-state index < -0.39 is 5.97 Å². The Morgan fingerprint density at radius 3 is 2.82 bits per heavy atom. The van der Waals surface area contributed by atoms with Crippen LogP contribution in [0.15, 0.2) is 18.2 Å². The standard InChI is InChI=1S/C12H15NO4/c13-10-3-1-2-9(11(10)14)12(15)17-8-4-6-16-7-5-8/h1-3,8,14H,4-7,13H2. The van der Waals surface area contributed by atoms with Crippen LogP contribution in [0.3, 0.4) is 0 Å². The number of carbonyl (C=O) groups is 1. The maximum Gasteiger partial charge on any atom is 0.342 e. The van der Waals surface area contributed by atoms with Crippen LogP contribution in [0.25, 0.3) is 0 Å². The molecule has 1 heterocycles. The lowest BCUT2D eigenvalue weighted by Crippen LogP contribution is -2.26. The molecule has 1 aromatic carbocycles. The molecular formula is C12H15NO4. The molecule has 1 aromatic rings. The van der Waals surface area contributed by atoms with E-state index in [1.807, 2.05) is 0 Å². The molecule has 0 radical (unpaired) electrons. The second-order valence-corrected chi connectivity index (χ2v) is 3.96. The Morgan fingerprint density at radius 2 is 2.12 bits per heavy atom. The highest BCUT2D eigenvalue weighted by Gasteiger charge is 2.21. The lowest BCUT2D eigenvalue weighted by Gasteiger charge is -2.22. The minimum absolute atomic E-state index is 0.108. The molecule has 5 heteroatoms. The van der Waals surface area contributed by atoms with E-state index >= 15 is 0 Å². The van der Waals surface area contributed by atoms with Gasteiger partial charge in [0.05, 0.1) is 18.9 Å². The molecule has 0 bridgehead atoms. The fourth-order valence-corrected chi connectivity index (χ4v) is 1.73. The second-order valence-electron chi connectivity index (χ2n) is 3.96. The van der Waals surface area contributed by atoms with Crippen molar-refractivity contribution < 1.29 is 19.4 Å². The summed E-state index contributed by atoms with van der Waals surface area (Å²) >= 11 is 0. The van der Waals surface area contributed by atoms with E-state index in [1.165, 1.54) is 12.1 Å². The van der Waals surface area contributed by atoms with Gasteiger partial charge in [-0.2, -0.15) is 0 Å². The van der Waals surface area contributed by atoms with E-state index in [0.29, 0.717) is 26.1 Å². The Hall–Kier alpha value is -1.75. The number of carbonyl (C=O) groups excluding carboxylic acids is 1. The van der Waals surface area contributed by atoms with Crippen molar-refractivity contribution >= 4 is 11.7 Å². The van der Waals surface area contributed by atoms with Crippen molar-refractivity contribution in [3.8, 4) is 5.75 Å². The number of aromatic hydroxyl groups is 1. The van der Waals surface area contributed by atoms with Crippen LogP contribution in [-0.2, 0) is 9.47 Å². The van der Waals surface area contributed by atoms with E-state index in [1.54, 1.807) is 6.07 Å². The number of rotatable bonds is 2. The number of benzene rings is 1. The lowest BCUT2D eigenvalue weighted by molar-refractivity contribution is -0.0160. The van der Waals surface area contributed by atoms with Gasteiger partial charge in [0.25, 0.3) is 0 Å². The smallest absolute Gasteiger partial charge is 0.342 e. The molecule has 0 unspecified atom stereocenters. The summed E-state index contributed by atoms with van der Waals surface area (Å²) in [5.74, 6) is -0.758. The highest BCUT2D eigenvalue weighted by Crippen LogP contribution is 2.26. The van der Waals surface area contributed by atoms with E-state index in [2.05, 4.69) is 0 Å². The first-order valence-electron chi connectivity index (χ1n) is 5.54. The van der Waals surface area contributed by atoms with Gasteiger partial charge in [0.15, 0.2) is 5.75 Å². The van der Waals surface area contributed by atoms with Crippen LogP contribution < -0.4 is 5.73 Å². The van der Waals surface area contributed by atoms with Crippen molar-refractivity contribution in [3.05, 3.63) is 23.8 Å². The van der Waals surface area contributed by atoms with E-state index in [9.17, 15) is 9.90 Å². The number of anilines is 1. The second kappa shape index (κ2) is 5.05. The van der Waals surface area contributed by atoms with Crippen LogP contribution >= 0.6 is 0 Å². The molecular weight excluding hydrogens is 222 g/mol. The molecule has 5 nitrogen and oxygen atoms in total. The third kappa shape index (κ3) is 2.68. The zero-order valence-corrected chi connectivity index (χ0v) is 9.39. The number of phenolic OH excluding ortho intramolecular Hbond substituents is 1. The predicted molar refractivity (Wildman–Crippen MR) is 61.8 cm³/mol. The normalized spacial score (nSPS) is 16.7. The summed E-state index contributed by atoms with van der Waals surface area (Å²) in [4.78, 5) is 11.8. The molecule has 1 aliphatic rings. The monoisotopic (exact) mass is 237 g/mol. The Morgan fingerprint density at radius 1 is 1.41 bits per heavy atom. The first kappa shape index (κ1) is 11.7. The van der Waals surface area contributed by atoms with Gasteiger partial charge >= 0.3 is 5.97 Å². The average molecular weight is 237 g/mol. The van der Waals surface area contributed by atoms with Crippen LogP contribution in [0.4, 0.5) is 5.69 Å². The highest BCUT2D eigenvalue weighted by atomic mass is 16.6. The SMILES string of the molecule is Nc1cccc(C(=O)OC2CCOCC2)c1O. The van der Waals surface area contributed by atoms with E-state index in [4.69, 9.17) is 15.2 Å². The summed E-state index contributed by atoms with van der Waals surface area (Å²) in [6.07, 6.45) is 1.24. The molecule has 1 fully saturated rings. The number of hydrogen-bond donors (Lipinski definition) is 2. The molecule has 1 aliphatic heterocycles. The van der Waals surface area contributed by atoms with E-state index in [-0.39, 0.29) is 23.1 Å². The van der Waals surface area contributed by atoms with Gasteiger partial charge in [-0.05, 0) is 12.1 Å². The van der Waals surface area contributed by atoms with Crippen molar-refractivity contribution in [1.82, 2.24) is 0 Å². The molecule has 0 spiro atoms. The Kier molecular flexibility index (Phi) is 3.49. The van der Waals surface area contributed by atoms with Crippen molar-refractivity contribution in [2.45, 2.75) is 18.9 Å². The summed E-state index contributed by atoms with van der Waals surface area (Å²) in [7, 11) is 0. The summed E-state index contributed by atoms with van der Waals surface area (Å²) in [5.41, 5.74) is 5.79. The number of hydrogen-bond acceptors (Lipinski definition) is 5. The van der Waals surface area contributed by atoms with Crippen LogP contribution in [0.2, 0.25) is 0 Å². The first-order valence-corrected chi connectivity index (χ1v) is 5.54. The van der Waals surface area contributed by atoms with Gasteiger partial charge in [-0.1, -0.05) is 6.07 Å². The molecule has 0 atom stereocenters. The van der Waals surface area contributed by atoms with Gasteiger partial charge in [0.1, 0.15) is 11.7 Å². The molecule has 3 N–H and O–H groups in total. The number of ether oxygens (including phenoxy) is 2. The molecule has 92 valence electrons. The minimum Gasteiger partial charge on any atom is -0.505 e. The number of nitrogen functional groups attached to an aromatic ring is 1. The topological polar surface area (TPSA) is 81.8 Å². The van der Waals surface area contributed by atoms with Crippen LogP contribution in [0, 0.1) is 0 Å². The highest BCUT2D eigenvalue weighted by molar-refractivity contribution is 5.94. The zero-order chi connectivity index (χ0) is 12.3. The van der Waals surface area contributed by atoms with Gasteiger partial charge in [0.2, 0.25) is 0 Å². The third-order valence-electron chi connectivity index (χ3n) is 2.73. The minimum atomic E-state index is -0.540. The van der Waals surface area contributed by atoms with Crippen LogP contribution in [-0.4, -0.2) is 30.4 Å². The summed E-state index contributed by atoms with van der Waals surface area (Å²) in [6.45, 7) is 1.20. The van der Waals surface area contributed by atoms with Crippen molar-refractivity contribution in [2.75, 3.05) is 18.9 Å². The Labute approximate surface area is 99.1 Å². The van der Waals surface area contributed by atoms with E-state index in [0.717, 1.165) is 0 Å². The number of esters is 1. The molecule has 0 amide bonds. The van der Waals surface area contributed by atoms with Gasteiger partial charge < -0.3 is 20.3 Å². The van der Waals surface area contributed by atoms with Crippen molar-refractivity contribution in [1.29, 1.82) is 0 Å². The maximum absolute atomic E-state index is 11.8. The summed E-state index contributed by atoms with van der Waals surface area (Å²) in [6, 6.07) is 4.63. The number of phenols is 1. The maximum atomic E-state index is 11.8. The molecule has 0 saturated carbocycles. The largest absolute Gasteiger partial charge is 0.505 e. The Balaban J connectivity index is 2.06. The van der Waals surface area contributed by atoms with Crippen LogP contribution in [0.1, 0.15) is 23.2 Å². The average Bonchev–Trinajstić information content (AvgIpc) is 2.34. The quantitative estimate of drug-likeness (QED) is 0.460. The van der Waals surface area contributed by atoms with Gasteiger partial charge in [-0.25, -0.2) is 4.79 Å². The molecule has 2 rings (SSSR count). The summed E-state index contributed by atoms with van der Waals surface area (Å²) in [5, 5.41) is 9.65. The van der Waals surface area contributed by atoms with Gasteiger partial charge in [-0.15, -0.1) is 0 Å². The summed E-state index contributed by atoms with van der Waals surface area (Å²) < 4.78 is 10.4. The Bertz CT molecular complexity index is 413. The number of para-hydroxylation sites is 1. The van der Waals surface area contributed by atoms with Crippen molar-refractivity contribution in [3.63, 3.8) is 0 Å². The number of nitrogens with two attached hydrogens (primary N) is 1. The van der Waals surface area contributed by atoms with Crippen LogP contribution in [0.5, 0.6) is 5.75 Å². The molecule has 0 aromatic heterocycles. The first-order chi connectivity index (χ1) is 8.18. The third-order valence-corrected chi connectivity index (χ3v) is 2.73. The lowest BCUT2D eigenvalue weighted by atomic mass is 10.1.